The lowest BCUT2D eigenvalue weighted by Gasteiger charge is -2.36. The molecule has 1 fully saturated rings. The molecule has 2 aromatic carbocycles. The molecular formula is C28H33N3O3. The summed E-state index contributed by atoms with van der Waals surface area (Å²) in [5.74, 6) is 0.0394. The zero-order valence-corrected chi connectivity index (χ0v) is 20.1. The summed E-state index contributed by atoms with van der Waals surface area (Å²) in [4.78, 5) is 30.5. The molecule has 0 radical (unpaired) electrons. The summed E-state index contributed by atoms with van der Waals surface area (Å²) in [6, 6.07) is 15.8. The van der Waals surface area contributed by atoms with E-state index in [9.17, 15) is 9.59 Å². The van der Waals surface area contributed by atoms with Crippen molar-refractivity contribution in [2.75, 3.05) is 46.4 Å². The van der Waals surface area contributed by atoms with E-state index in [1.54, 1.807) is 12.1 Å². The average molecular weight is 460 g/mol. The highest BCUT2D eigenvalue weighted by atomic mass is 16.5. The molecule has 2 aliphatic rings. The fraction of sp³-hybridized carbons (Fsp3) is 0.429. The number of carbonyl (C=O) groups is 2. The van der Waals surface area contributed by atoms with Crippen LogP contribution in [0, 0.1) is 5.92 Å². The Kier molecular flexibility index (Phi) is 6.53. The third-order valence-corrected chi connectivity index (χ3v) is 7.53. The molecule has 1 saturated heterocycles. The van der Waals surface area contributed by atoms with Gasteiger partial charge >= 0.3 is 5.97 Å². The predicted molar refractivity (Wildman–Crippen MR) is 134 cm³/mol. The molecule has 1 atom stereocenters. The Morgan fingerprint density at radius 2 is 1.71 bits per heavy atom. The molecule has 1 aromatic heterocycles. The molecule has 2 heterocycles. The number of methoxy groups -OCH3 is 1. The second-order valence-electron chi connectivity index (χ2n) is 9.45. The molecule has 0 N–H and O–H groups in total. The number of ether oxygens (including phenoxy) is 1. The van der Waals surface area contributed by atoms with Crippen molar-refractivity contribution in [3.05, 3.63) is 70.9 Å². The van der Waals surface area contributed by atoms with Gasteiger partial charge < -0.3 is 19.1 Å². The fourth-order valence-corrected chi connectivity index (χ4v) is 5.54. The molecule has 6 heteroatoms. The number of Topliss-reactive ketones (excluding diaryl/α,β-unsaturated/α-hetero) is 1. The first-order valence-corrected chi connectivity index (χ1v) is 12.3. The maximum absolute atomic E-state index is 13.7. The van der Waals surface area contributed by atoms with E-state index in [1.165, 1.54) is 7.11 Å². The zero-order valence-electron chi connectivity index (χ0n) is 20.1. The van der Waals surface area contributed by atoms with Gasteiger partial charge in [-0.1, -0.05) is 37.3 Å². The Hall–Kier alpha value is -2.96. The molecule has 0 spiro atoms. The first-order chi connectivity index (χ1) is 16.6. The lowest BCUT2D eigenvalue weighted by Crippen LogP contribution is -2.48. The van der Waals surface area contributed by atoms with E-state index in [0.29, 0.717) is 17.9 Å². The van der Waals surface area contributed by atoms with Crippen LogP contribution in [0.3, 0.4) is 0 Å². The number of piperazine rings is 1. The highest BCUT2D eigenvalue weighted by Crippen LogP contribution is 2.35. The van der Waals surface area contributed by atoms with Gasteiger partial charge in [-0.3, -0.25) is 4.79 Å². The number of hydrogen-bond donors (Lipinski definition) is 0. The second kappa shape index (κ2) is 9.72. The fourth-order valence-electron chi connectivity index (χ4n) is 5.54. The topological polar surface area (TPSA) is 54.8 Å². The largest absolute Gasteiger partial charge is 0.465 e. The predicted octanol–water partition coefficient (Wildman–Crippen LogP) is 3.86. The average Bonchev–Trinajstić information content (AvgIpc) is 3.20. The minimum atomic E-state index is -0.330. The van der Waals surface area contributed by atoms with Gasteiger partial charge in [0.05, 0.1) is 12.7 Å². The van der Waals surface area contributed by atoms with Gasteiger partial charge in [0.25, 0.3) is 0 Å². The van der Waals surface area contributed by atoms with Crippen molar-refractivity contribution in [1.29, 1.82) is 0 Å². The third kappa shape index (κ3) is 4.28. The van der Waals surface area contributed by atoms with Crippen LogP contribution in [0.15, 0.2) is 48.5 Å². The van der Waals surface area contributed by atoms with E-state index < -0.39 is 0 Å². The maximum Gasteiger partial charge on any atom is 0.337 e. The summed E-state index contributed by atoms with van der Waals surface area (Å²) in [5, 5.41) is 1.06. The molecular weight excluding hydrogens is 426 g/mol. The Morgan fingerprint density at radius 3 is 2.41 bits per heavy atom. The summed E-state index contributed by atoms with van der Waals surface area (Å²) in [5.41, 5.74) is 4.82. The first-order valence-electron chi connectivity index (χ1n) is 12.3. The van der Waals surface area contributed by atoms with Crippen LogP contribution >= 0.6 is 0 Å². The van der Waals surface area contributed by atoms with E-state index in [4.69, 9.17) is 4.74 Å². The number of benzene rings is 2. The molecule has 3 aromatic rings. The maximum atomic E-state index is 13.7. The number of carbonyl (C=O) groups excluding carboxylic acids is 2. The van der Waals surface area contributed by atoms with Crippen LogP contribution in [0.2, 0.25) is 0 Å². The summed E-state index contributed by atoms with van der Waals surface area (Å²) >= 11 is 0. The number of rotatable bonds is 6. The van der Waals surface area contributed by atoms with Crippen molar-refractivity contribution in [1.82, 2.24) is 14.4 Å². The van der Waals surface area contributed by atoms with Gasteiger partial charge in [0, 0.05) is 67.3 Å². The van der Waals surface area contributed by atoms with E-state index in [2.05, 4.69) is 33.4 Å². The van der Waals surface area contributed by atoms with Gasteiger partial charge in [-0.05, 0) is 43.1 Å². The Morgan fingerprint density at radius 1 is 1.00 bits per heavy atom. The first kappa shape index (κ1) is 22.8. The van der Waals surface area contributed by atoms with Gasteiger partial charge in [0.15, 0.2) is 5.78 Å². The molecule has 5 rings (SSSR count). The number of aromatic nitrogens is 1. The lowest BCUT2D eigenvalue weighted by atomic mass is 9.84. The van der Waals surface area contributed by atoms with Crippen LogP contribution in [0.25, 0.3) is 10.9 Å². The third-order valence-electron chi connectivity index (χ3n) is 7.53. The molecule has 0 bridgehead atoms. The lowest BCUT2D eigenvalue weighted by molar-refractivity contribution is 0.0600. The van der Waals surface area contributed by atoms with E-state index in [-0.39, 0.29) is 11.9 Å². The SMILES string of the molecule is CCN1CCN(CC2CCc3c(c4ccccc4n3Cc3ccc(C(=O)OC)cc3)C2=O)CC1. The molecule has 1 aliphatic carbocycles. The molecule has 34 heavy (non-hydrogen) atoms. The summed E-state index contributed by atoms with van der Waals surface area (Å²) in [6.07, 6.45) is 1.81. The van der Waals surface area contributed by atoms with Crippen LogP contribution < -0.4 is 0 Å². The number of para-hydroxylation sites is 1. The summed E-state index contributed by atoms with van der Waals surface area (Å²) in [6.45, 7) is 9.14. The molecule has 1 unspecified atom stereocenters. The van der Waals surface area contributed by atoms with Crippen molar-refractivity contribution in [3.63, 3.8) is 0 Å². The normalized spacial score (nSPS) is 19.4. The van der Waals surface area contributed by atoms with E-state index in [1.807, 2.05) is 24.3 Å². The van der Waals surface area contributed by atoms with Crippen LogP contribution in [-0.2, 0) is 17.7 Å². The Labute approximate surface area is 201 Å². The minimum Gasteiger partial charge on any atom is -0.465 e. The van der Waals surface area contributed by atoms with Crippen molar-refractivity contribution >= 4 is 22.7 Å². The number of likely N-dealkylation sites (N-methyl/N-ethyl adjacent to an activating group) is 1. The Balaban J connectivity index is 1.40. The smallest absolute Gasteiger partial charge is 0.337 e. The second-order valence-corrected chi connectivity index (χ2v) is 9.45. The van der Waals surface area contributed by atoms with Gasteiger partial charge in [-0.15, -0.1) is 0 Å². The van der Waals surface area contributed by atoms with Gasteiger partial charge in [0.1, 0.15) is 0 Å². The number of ketones is 1. The molecule has 178 valence electrons. The minimum absolute atomic E-state index is 0.0688. The van der Waals surface area contributed by atoms with Gasteiger partial charge in [0.2, 0.25) is 0 Å². The van der Waals surface area contributed by atoms with Crippen molar-refractivity contribution in [2.45, 2.75) is 26.3 Å². The summed E-state index contributed by atoms with van der Waals surface area (Å²) < 4.78 is 7.11. The molecule has 1 aliphatic heterocycles. The van der Waals surface area contributed by atoms with Crippen LogP contribution in [0.5, 0.6) is 0 Å². The monoisotopic (exact) mass is 459 g/mol. The van der Waals surface area contributed by atoms with Crippen LogP contribution in [-0.4, -0.2) is 72.5 Å². The van der Waals surface area contributed by atoms with Crippen molar-refractivity contribution in [3.8, 4) is 0 Å². The Bertz CT molecular complexity index is 1190. The quantitative estimate of drug-likeness (QED) is 0.524. The highest BCUT2D eigenvalue weighted by Gasteiger charge is 2.34. The summed E-state index contributed by atoms with van der Waals surface area (Å²) in [7, 11) is 1.39. The molecule has 0 saturated carbocycles. The zero-order chi connectivity index (χ0) is 23.7. The van der Waals surface area contributed by atoms with Crippen LogP contribution in [0.1, 0.15) is 45.3 Å². The number of esters is 1. The van der Waals surface area contributed by atoms with Crippen molar-refractivity contribution < 1.29 is 14.3 Å². The van der Waals surface area contributed by atoms with E-state index in [0.717, 1.165) is 79.8 Å². The van der Waals surface area contributed by atoms with Gasteiger partial charge in [-0.2, -0.15) is 0 Å². The number of nitrogens with zero attached hydrogens (tertiary/aromatic N) is 3. The van der Waals surface area contributed by atoms with Gasteiger partial charge in [-0.25, -0.2) is 4.79 Å². The molecule has 6 nitrogen and oxygen atoms in total. The van der Waals surface area contributed by atoms with Crippen molar-refractivity contribution in [2.24, 2.45) is 5.92 Å². The molecule has 0 amide bonds. The number of fused-ring (bicyclic) bond motifs is 3. The number of hydrogen-bond acceptors (Lipinski definition) is 5. The van der Waals surface area contributed by atoms with E-state index >= 15 is 0 Å². The highest BCUT2D eigenvalue weighted by molar-refractivity contribution is 6.11. The standard InChI is InChI=1S/C28H33N3O3/c1-3-29-14-16-30(17-15-29)19-22-12-13-25-26(27(22)32)23-6-4-5-7-24(23)31(25)18-20-8-10-21(11-9-20)28(33)34-2/h4-11,22H,3,12-19H2,1-2H3. The van der Waals surface area contributed by atoms with Crippen LogP contribution in [0.4, 0.5) is 0 Å².